The second-order valence-electron chi connectivity index (χ2n) is 4.45. The lowest BCUT2D eigenvalue weighted by molar-refractivity contribution is 0.242. The van der Waals surface area contributed by atoms with Crippen molar-refractivity contribution in [1.29, 1.82) is 0 Å². The van der Waals surface area contributed by atoms with Crippen LogP contribution in [0.5, 0.6) is 5.75 Å². The number of nitrogens with zero attached hydrogens (tertiary/aromatic N) is 2. The molecule has 0 atom stereocenters. The van der Waals surface area contributed by atoms with Gasteiger partial charge in [-0.05, 0) is 44.2 Å². The summed E-state index contributed by atoms with van der Waals surface area (Å²) in [6.45, 7) is 3.97. The van der Waals surface area contributed by atoms with Gasteiger partial charge < -0.3 is 15.8 Å². The standard InChI is InChI=1S/C14H16N4OS/c1-9(2)19-11-5-3-10(4-6-11)17-14-16-8-7-12(18-14)13(15)20/h3-9H,1-2H3,(H2,15,20)(H,16,17,18). The van der Waals surface area contributed by atoms with Crippen molar-refractivity contribution in [2.24, 2.45) is 5.73 Å². The smallest absolute Gasteiger partial charge is 0.227 e. The van der Waals surface area contributed by atoms with Crippen molar-refractivity contribution in [3.8, 4) is 5.75 Å². The van der Waals surface area contributed by atoms with Crippen molar-refractivity contribution in [1.82, 2.24) is 9.97 Å². The Labute approximate surface area is 123 Å². The van der Waals surface area contributed by atoms with Gasteiger partial charge in [0, 0.05) is 11.9 Å². The molecule has 0 amide bonds. The van der Waals surface area contributed by atoms with Crippen LogP contribution in [0.15, 0.2) is 36.5 Å². The number of anilines is 2. The van der Waals surface area contributed by atoms with Gasteiger partial charge in [-0.15, -0.1) is 0 Å². The minimum atomic E-state index is 0.152. The lowest BCUT2D eigenvalue weighted by atomic mass is 10.3. The topological polar surface area (TPSA) is 73.1 Å². The van der Waals surface area contributed by atoms with Gasteiger partial charge in [0.1, 0.15) is 16.4 Å². The van der Waals surface area contributed by atoms with E-state index in [1.165, 1.54) is 0 Å². The van der Waals surface area contributed by atoms with E-state index in [1.807, 2.05) is 38.1 Å². The summed E-state index contributed by atoms with van der Waals surface area (Å²) in [4.78, 5) is 8.58. The van der Waals surface area contributed by atoms with Crippen molar-refractivity contribution in [3.05, 3.63) is 42.2 Å². The number of benzene rings is 1. The zero-order valence-electron chi connectivity index (χ0n) is 11.3. The van der Waals surface area contributed by atoms with Gasteiger partial charge in [0.15, 0.2) is 0 Å². The number of thiocarbonyl (C=S) groups is 1. The fourth-order valence-corrected chi connectivity index (χ4v) is 1.69. The zero-order valence-corrected chi connectivity index (χ0v) is 12.1. The van der Waals surface area contributed by atoms with Crippen LogP contribution in [0.3, 0.4) is 0 Å². The van der Waals surface area contributed by atoms with E-state index in [9.17, 15) is 0 Å². The molecule has 0 aliphatic heterocycles. The second kappa shape index (κ2) is 6.29. The maximum Gasteiger partial charge on any atom is 0.227 e. The molecule has 0 saturated heterocycles. The molecule has 0 bridgehead atoms. The van der Waals surface area contributed by atoms with Gasteiger partial charge in [-0.1, -0.05) is 12.2 Å². The molecule has 0 fully saturated rings. The summed E-state index contributed by atoms with van der Waals surface area (Å²) in [5.74, 6) is 1.27. The third-order valence-corrected chi connectivity index (χ3v) is 2.60. The predicted molar refractivity (Wildman–Crippen MR) is 83.4 cm³/mol. The zero-order chi connectivity index (χ0) is 14.5. The number of aromatic nitrogens is 2. The van der Waals surface area contributed by atoms with Crippen LogP contribution >= 0.6 is 12.2 Å². The summed E-state index contributed by atoms with van der Waals surface area (Å²) in [5.41, 5.74) is 6.94. The van der Waals surface area contributed by atoms with Crippen LogP contribution in [-0.4, -0.2) is 21.1 Å². The number of hydrogen-bond acceptors (Lipinski definition) is 5. The van der Waals surface area contributed by atoms with Crippen LogP contribution in [0.4, 0.5) is 11.6 Å². The third-order valence-electron chi connectivity index (χ3n) is 2.39. The first-order valence-corrected chi connectivity index (χ1v) is 6.62. The predicted octanol–water partition coefficient (Wildman–Crippen LogP) is 2.64. The summed E-state index contributed by atoms with van der Waals surface area (Å²) in [5, 5.41) is 3.09. The van der Waals surface area contributed by atoms with Crippen LogP contribution in [0.1, 0.15) is 19.5 Å². The highest BCUT2D eigenvalue weighted by Crippen LogP contribution is 2.19. The summed E-state index contributed by atoms with van der Waals surface area (Å²) in [7, 11) is 0. The maximum atomic E-state index is 5.58. The van der Waals surface area contributed by atoms with Crippen molar-refractivity contribution < 1.29 is 4.74 Å². The molecule has 3 N–H and O–H groups in total. The van der Waals surface area contributed by atoms with Gasteiger partial charge in [0.05, 0.1) is 6.10 Å². The van der Waals surface area contributed by atoms with E-state index < -0.39 is 0 Å². The van der Waals surface area contributed by atoms with E-state index in [2.05, 4.69) is 15.3 Å². The molecule has 0 spiro atoms. The van der Waals surface area contributed by atoms with Crippen molar-refractivity contribution >= 4 is 28.8 Å². The molecule has 0 aliphatic rings. The molecule has 6 heteroatoms. The minimum Gasteiger partial charge on any atom is -0.491 e. The lowest BCUT2D eigenvalue weighted by Crippen LogP contribution is -2.12. The maximum absolute atomic E-state index is 5.58. The van der Waals surface area contributed by atoms with E-state index in [-0.39, 0.29) is 11.1 Å². The number of hydrogen-bond donors (Lipinski definition) is 2. The van der Waals surface area contributed by atoms with Crippen LogP contribution in [-0.2, 0) is 0 Å². The SMILES string of the molecule is CC(C)Oc1ccc(Nc2nccc(C(N)=S)n2)cc1. The highest BCUT2D eigenvalue weighted by molar-refractivity contribution is 7.80. The average Bonchev–Trinajstić information content (AvgIpc) is 2.41. The molecule has 0 radical (unpaired) electrons. The van der Waals surface area contributed by atoms with Crippen molar-refractivity contribution in [2.45, 2.75) is 20.0 Å². The average molecular weight is 288 g/mol. The van der Waals surface area contributed by atoms with Crippen LogP contribution in [0.25, 0.3) is 0 Å². The molecule has 0 unspecified atom stereocenters. The van der Waals surface area contributed by atoms with Gasteiger partial charge in [0.2, 0.25) is 5.95 Å². The molecule has 1 heterocycles. The van der Waals surface area contributed by atoms with E-state index in [0.717, 1.165) is 11.4 Å². The Morgan fingerprint density at radius 3 is 2.55 bits per heavy atom. The molecule has 2 rings (SSSR count). The Morgan fingerprint density at radius 2 is 1.95 bits per heavy atom. The number of nitrogens with one attached hydrogen (secondary N) is 1. The first-order chi connectivity index (χ1) is 9.54. The Balaban J connectivity index is 2.10. The lowest BCUT2D eigenvalue weighted by Gasteiger charge is -2.10. The number of rotatable bonds is 5. The minimum absolute atomic E-state index is 0.152. The summed E-state index contributed by atoms with van der Waals surface area (Å²) in [6.07, 6.45) is 1.76. The summed E-state index contributed by atoms with van der Waals surface area (Å²) < 4.78 is 5.58. The molecule has 0 aliphatic carbocycles. The highest BCUT2D eigenvalue weighted by Gasteiger charge is 2.03. The number of nitrogens with two attached hydrogens (primary N) is 1. The molecule has 104 valence electrons. The first-order valence-electron chi connectivity index (χ1n) is 6.21. The third kappa shape index (κ3) is 3.89. The van der Waals surface area contributed by atoms with E-state index >= 15 is 0 Å². The molecule has 20 heavy (non-hydrogen) atoms. The normalized spacial score (nSPS) is 10.3. The Hall–Kier alpha value is -2.21. The molecule has 1 aromatic carbocycles. The Kier molecular flexibility index (Phi) is 4.47. The van der Waals surface area contributed by atoms with Crippen LogP contribution in [0.2, 0.25) is 0 Å². The Morgan fingerprint density at radius 1 is 1.25 bits per heavy atom. The largest absolute Gasteiger partial charge is 0.491 e. The van der Waals surface area contributed by atoms with Crippen molar-refractivity contribution in [3.63, 3.8) is 0 Å². The van der Waals surface area contributed by atoms with E-state index in [4.69, 9.17) is 22.7 Å². The fourth-order valence-electron chi connectivity index (χ4n) is 1.57. The molecule has 5 nitrogen and oxygen atoms in total. The highest BCUT2D eigenvalue weighted by atomic mass is 32.1. The summed E-state index contributed by atoms with van der Waals surface area (Å²) in [6, 6.07) is 9.25. The van der Waals surface area contributed by atoms with Gasteiger partial charge in [-0.2, -0.15) is 0 Å². The van der Waals surface area contributed by atoms with Gasteiger partial charge in [-0.3, -0.25) is 0 Å². The van der Waals surface area contributed by atoms with Crippen LogP contribution in [0, 0.1) is 0 Å². The Bertz CT molecular complexity index is 598. The molecule has 1 aromatic heterocycles. The second-order valence-corrected chi connectivity index (χ2v) is 4.89. The van der Waals surface area contributed by atoms with Gasteiger partial charge >= 0.3 is 0 Å². The fraction of sp³-hybridized carbons (Fsp3) is 0.214. The van der Waals surface area contributed by atoms with E-state index in [1.54, 1.807) is 12.3 Å². The monoisotopic (exact) mass is 288 g/mol. The van der Waals surface area contributed by atoms with Gasteiger partial charge in [0.25, 0.3) is 0 Å². The molecular formula is C14H16N4OS. The first kappa shape index (κ1) is 14.2. The quantitative estimate of drug-likeness (QED) is 0.824. The van der Waals surface area contributed by atoms with Crippen molar-refractivity contribution in [2.75, 3.05) is 5.32 Å². The number of ether oxygens (including phenoxy) is 1. The van der Waals surface area contributed by atoms with E-state index in [0.29, 0.717) is 11.6 Å². The molecule has 0 saturated carbocycles. The van der Waals surface area contributed by atoms with Gasteiger partial charge in [-0.25, -0.2) is 9.97 Å². The summed E-state index contributed by atoms with van der Waals surface area (Å²) >= 11 is 4.89. The molecular weight excluding hydrogens is 272 g/mol. The molecule has 2 aromatic rings. The van der Waals surface area contributed by atoms with Crippen LogP contribution < -0.4 is 15.8 Å².